The summed E-state index contributed by atoms with van der Waals surface area (Å²) < 4.78 is 0. The Labute approximate surface area is 129 Å². The fourth-order valence-electron chi connectivity index (χ4n) is 3.09. The molecule has 0 bridgehead atoms. The number of likely N-dealkylation sites (tertiary alicyclic amines) is 1. The second kappa shape index (κ2) is 5.34. The van der Waals surface area contributed by atoms with E-state index in [-0.39, 0.29) is 23.4 Å². The normalized spacial score (nSPS) is 23.0. The van der Waals surface area contributed by atoms with Crippen LogP contribution in [0.3, 0.4) is 0 Å². The van der Waals surface area contributed by atoms with Gasteiger partial charge in [-0.3, -0.25) is 4.79 Å². The molecule has 1 saturated carbocycles. The molecule has 4 nitrogen and oxygen atoms in total. The second-order valence-corrected chi connectivity index (χ2v) is 6.42. The first-order chi connectivity index (χ1) is 10.0. The summed E-state index contributed by atoms with van der Waals surface area (Å²) in [4.78, 5) is 25.8. The maximum atomic E-state index is 12.5. The molecule has 5 heteroatoms. The number of carbonyl (C=O) groups excluding carboxylic acids is 2. The highest BCUT2D eigenvalue weighted by molar-refractivity contribution is 6.30. The topological polar surface area (TPSA) is 49.4 Å². The van der Waals surface area contributed by atoms with E-state index in [1.165, 1.54) is 0 Å². The SMILES string of the molecule is CC(=O)[C@H]1CCCN1C(=O)NC1(c2ccc(Cl)cc2)CC1. The lowest BCUT2D eigenvalue weighted by atomic mass is 10.1. The summed E-state index contributed by atoms with van der Waals surface area (Å²) in [6, 6.07) is 7.23. The summed E-state index contributed by atoms with van der Waals surface area (Å²) in [6.45, 7) is 2.22. The molecule has 2 amide bonds. The van der Waals surface area contributed by atoms with Crippen LogP contribution in [0, 0.1) is 0 Å². The fourth-order valence-corrected chi connectivity index (χ4v) is 3.21. The predicted molar refractivity (Wildman–Crippen MR) is 81.3 cm³/mol. The third-order valence-electron chi connectivity index (χ3n) is 4.48. The van der Waals surface area contributed by atoms with Crippen molar-refractivity contribution >= 4 is 23.4 Å². The van der Waals surface area contributed by atoms with E-state index in [0.29, 0.717) is 11.6 Å². The Hall–Kier alpha value is -1.55. The number of carbonyl (C=O) groups is 2. The number of hydrogen-bond acceptors (Lipinski definition) is 2. The Balaban J connectivity index is 1.72. The largest absolute Gasteiger partial charge is 0.328 e. The molecule has 0 aromatic heterocycles. The minimum absolute atomic E-state index is 0.0685. The number of rotatable bonds is 3. The van der Waals surface area contributed by atoms with E-state index in [4.69, 9.17) is 11.6 Å². The van der Waals surface area contributed by atoms with Crippen molar-refractivity contribution in [1.82, 2.24) is 10.2 Å². The first kappa shape index (κ1) is 14.4. The number of ketones is 1. The third kappa shape index (κ3) is 2.77. The van der Waals surface area contributed by atoms with Crippen LogP contribution in [0.15, 0.2) is 24.3 Å². The number of amides is 2. The molecule has 2 aliphatic rings. The maximum Gasteiger partial charge on any atom is 0.318 e. The van der Waals surface area contributed by atoms with E-state index in [9.17, 15) is 9.59 Å². The van der Waals surface area contributed by atoms with Crippen LogP contribution >= 0.6 is 11.6 Å². The molecule has 2 fully saturated rings. The van der Waals surface area contributed by atoms with Gasteiger partial charge >= 0.3 is 6.03 Å². The van der Waals surface area contributed by atoms with Crippen LogP contribution in [-0.2, 0) is 10.3 Å². The molecule has 1 saturated heterocycles. The maximum absolute atomic E-state index is 12.5. The number of Topliss-reactive ketones (excluding diaryl/α,β-unsaturated/α-hetero) is 1. The molecule has 1 N–H and O–H groups in total. The quantitative estimate of drug-likeness (QED) is 0.933. The molecule has 0 radical (unpaired) electrons. The van der Waals surface area contributed by atoms with Gasteiger partial charge in [-0.2, -0.15) is 0 Å². The van der Waals surface area contributed by atoms with Gasteiger partial charge in [-0.1, -0.05) is 23.7 Å². The van der Waals surface area contributed by atoms with E-state index < -0.39 is 0 Å². The van der Waals surface area contributed by atoms with Gasteiger partial charge in [0.15, 0.2) is 5.78 Å². The Morgan fingerprint density at radius 1 is 1.29 bits per heavy atom. The average molecular weight is 307 g/mol. The Morgan fingerprint density at radius 2 is 1.95 bits per heavy atom. The zero-order valence-electron chi connectivity index (χ0n) is 12.1. The first-order valence-electron chi connectivity index (χ1n) is 7.37. The van der Waals surface area contributed by atoms with Gasteiger partial charge in [-0.05, 0) is 50.3 Å². The van der Waals surface area contributed by atoms with Crippen molar-refractivity contribution in [3.63, 3.8) is 0 Å². The molecule has 1 heterocycles. The Kier molecular flexibility index (Phi) is 3.66. The number of halogens is 1. The summed E-state index contributed by atoms with van der Waals surface area (Å²) in [7, 11) is 0. The predicted octanol–water partition coefficient (Wildman–Crippen LogP) is 3.09. The van der Waals surface area contributed by atoms with Crippen LogP contribution in [-0.4, -0.2) is 29.3 Å². The molecule has 1 atom stereocenters. The zero-order chi connectivity index (χ0) is 15.0. The summed E-state index contributed by atoms with van der Waals surface area (Å²) in [5.41, 5.74) is 0.810. The number of nitrogens with zero attached hydrogens (tertiary/aromatic N) is 1. The average Bonchev–Trinajstić information content (AvgIpc) is 3.04. The lowest BCUT2D eigenvalue weighted by Crippen LogP contribution is -2.48. The van der Waals surface area contributed by atoms with E-state index in [1.807, 2.05) is 24.3 Å². The number of benzene rings is 1. The fraction of sp³-hybridized carbons (Fsp3) is 0.500. The molecule has 0 unspecified atom stereocenters. The van der Waals surface area contributed by atoms with Crippen molar-refractivity contribution < 1.29 is 9.59 Å². The van der Waals surface area contributed by atoms with Crippen LogP contribution in [0.5, 0.6) is 0 Å². The lowest BCUT2D eigenvalue weighted by Gasteiger charge is -2.27. The van der Waals surface area contributed by atoms with Crippen molar-refractivity contribution in [2.75, 3.05) is 6.54 Å². The summed E-state index contributed by atoms with van der Waals surface area (Å²) in [5, 5.41) is 3.81. The van der Waals surface area contributed by atoms with E-state index in [0.717, 1.165) is 31.2 Å². The highest BCUT2D eigenvalue weighted by Crippen LogP contribution is 2.46. The molecule has 0 spiro atoms. The van der Waals surface area contributed by atoms with E-state index in [2.05, 4.69) is 5.32 Å². The van der Waals surface area contributed by atoms with Crippen LogP contribution in [0.2, 0.25) is 5.02 Å². The van der Waals surface area contributed by atoms with Crippen molar-refractivity contribution in [2.24, 2.45) is 0 Å². The van der Waals surface area contributed by atoms with Gasteiger partial charge in [-0.25, -0.2) is 4.79 Å². The highest BCUT2D eigenvalue weighted by Gasteiger charge is 2.47. The minimum Gasteiger partial charge on any atom is -0.328 e. The van der Waals surface area contributed by atoms with Crippen LogP contribution in [0.25, 0.3) is 0 Å². The van der Waals surface area contributed by atoms with Crippen LogP contribution < -0.4 is 5.32 Å². The molecule has 1 aromatic carbocycles. The van der Waals surface area contributed by atoms with Crippen molar-refractivity contribution in [3.05, 3.63) is 34.9 Å². The molecule has 3 rings (SSSR count). The number of hydrogen-bond donors (Lipinski definition) is 1. The van der Waals surface area contributed by atoms with Crippen molar-refractivity contribution in [3.8, 4) is 0 Å². The van der Waals surface area contributed by atoms with E-state index >= 15 is 0 Å². The Bertz CT molecular complexity index is 566. The van der Waals surface area contributed by atoms with Crippen LogP contribution in [0.4, 0.5) is 4.79 Å². The van der Waals surface area contributed by atoms with E-state index in [1.54, 1.807) is 11.8 Å². The smallest absolute Gasteiger partial charge is 0.318 e. The molecule has 1 aliphatic carbocycles. The molecular weight excluding hydrogens is 288 g/mol. The van der Waals surface area contributed by atoms with Gasteiger partial charge in [-0.15, -0.1) is 0 Å². The second-order valence-electron chi connectivity index (χ2n) is 5.98. The van der Waals surface area contributed by atoms with Gasteiger partial charge in [0.25, 0.3) is 0 Å². The molecule has 21 heavy (non-hydrogen) atoms. The summed E-state index contributed by atoms with van der Waals surface area (Å²) in [5.74, 6) is 0.0685. The van der Waals surface area contributed by atoms with Gasteiger partial charge in [0.2, 0.25) is 0 Å². The third-order valence-corrected chi connectivity index (χ3v) is 4.73. The molecular formula is C16H19ClN2O2. The summed E-state index contributed by atoms with van der Waals surface area (Å²) in [6.07, 6.45) is 3.53. The van der Waals surface area contributed by atoms with Gasteiger partial charge in [0, 0.05) is 11.6 Å². The van der Waals surface area contributed by atoms with Crippen molar-refractivity contribution in [1.29, 1.82) is 0 Å². The molecule has 112 valence electrons. The lowest BCUT2D eigenvalue weighted by molar-refractivity contribution is -0.120. The minimum atomic E-state index is -0.272. The van der Waals surface area contributed by atoms with Gasteiger partial charge in [0.05, 0.1) is 11.6 Å². The zero-order valence-corrected chi connectivity index (χ0v) is 12.8. The molecule has 1 aromatic rings. The summed E-state index contributed by atoms with van der Waals surface area (Å²) >= 11 is 5.91. The monoisotopic (exact) mass is 306 g/mol. The Morgan fingerprint density at radius 3 is 2.52 bits per heavy atom. The number of urea groups is 1. The van der Waals surface area contributed by atoms with Gasteiger partial charge < -0.3 is 10.2 Å². The molecule has 1 aliphatic heterocycles. The standard InChI is InChI=1S/C16H19ClN2O2/c1-11(20)14-3-2-10-19(14)15(21)18-16(8-9-16)12-4-6-13(17)7-5-12/h4-7,14H,2-3,8-10H2,1H3,(H,18,21)/t14-/m1/s1. The van der Waals surface area contributed by atoms with Crippen molar-refractivity contribution in [2.45, 2.75) is 44.2 Å². The number of nitrogens with one attached hydrogen (secondary N) is 1. The first-order valence-corrected chi connectivity index (χ1v) is 7.75. The van der Waals surface area contributed by atoms with Gasteiger partial charge in [0.1, 0.15) is 0 Å². The van der Waals surface area contributed by atoms with Crippen LogP contribution in [0.1, 0.15) is 38.2 Å². The highest BCUT2D eigenvalue weighted by atomic mass is 35.5.